The number of hydrogen-bond donors (Lipinski definition) is 0. The second-order valence-electron chi connectivity index (χ2n) is 8.51. The van der Waals surface area contributed by atoms with Crippen LogP contribution < -0.4 is 0 Å². The van der Waals surface area contributed by atoms with Crippen molar-refractivity contribution in [2.45, 2.75) is 44.9 Å². The summed E-state index contributed by atoms with van der Waals surface area (Å²) in [6.07, 6.45) is 3.28. The monoisotopic (exact) mass is 327 g/mol. The number of hydrogen-bond acceptors (Lipinski definition) is 1. The van der Waals surface area contributed by atoms with E-state index in [1.54, 1.807) is 0 Å². The third kappa shape index (κ3) is 2.78. The molecular formula is C24H25N. The van der Waals surface area contributed by atoms with Crippen molar-refractivity contribution < 1.29 is 0 Å². The SMILES string of the molecule is CC1(C)CC(C)(C)c2cc(-c3cccc(-c4ccccc4)c3)ncc21. The van der Waals surface area contributed by atoms with Crippen molar-refractivity contribution in [1.29, 1.82) is 0 Å². The largest absolute Gasteiger partial charge is 0.256 e. The van der Waals surface area contributed by atoms with Crippen molar-refractivity contribution in [3.8, 4) is 22.4 Å². The van der Waals surface area contributed by atoms with Gasteiger partial charge >= 0.3 is 0 Å². The molecule has 0 amide bonds. The van der Waals surface area contributed by atoms with E-state index in [9.17, 15) is 0 Å². The van der Waals surface area contributed by atoms with Crippen molar-refractivity contribution >= 4 is 0 Å². The molecule has 0 atom stereocenters. The van der Waals surface area contributed by atoms with Gasteiger partial charge in [-0.2, -0.15) is 0 Å². The van der Waals surface area contributed by atoms with Crippen LogP contribution in [-0.2, 0) is 10.8 Å². The lowest BCUT2D eigenvalue weighted by Crippen LogP contribution is -2.17. The van der Waals surface area contributed by atoms with Gasteiger partial charge in [0.1, 0.15) is 0 Å². The highest BCUT2D eigenvalue weighted by molar-refractivity contribution is 5.72. The summed E-state index contributed by atoms with van der Waals surface area (Å²) in [5, 5.41) is 0. The Morgan fingerprint density at radius 1 is 0.680 bits per heavy atom. The molecule has 1 aliphatic rings. The summed E-state index contributed by atoms with van der Waals surface area (Å²) in [6, 6.07) is 21.5. The smallest absolute Gasteiger partial charge is 0.0705 e. The average molecular weight is 327 g/mol. The van der Waals surface area contributed by atoms with Gasteiger partial charge in [0, 0.05) is 11.8 Å². The van der Waals surface area contributed by atoms with Crippen molar-refractivity contribution in [1.82, 2.24) is 4.98 Å². The first-order valence-corrected chi connectivity index (χ1v) is 9.04. The molecule has 0 radical (unpaired) electrons. The summed E-state index contributed by atoms with van der Waals surface area (Å²) in [6.45, 7) is 9.37. The number of benzene rings is 2. The Morgan fingerprint density at radius 2 is 1.32 bits per heavy atom. The van der Waals surface area contributed by atoms with Gasteiger partial charge in [0.15, 0.2) is 0 Å². The standard InChI is InChI=1S/C24H25N/c1-23(2)16-24(3,4)21-15-25-22(14-20(21)23)19-12-8-11-18(13-19)17-9-6-5-7-10-17/h5-15H,16H2,1-4H3. The molecule has 0 fully saturated rings. The van der Waals surface area contributed by atoms with E-state index in [4.69, 9.17) is 4.98 Å². The molecule has 0 bridgehead atoms. The van der Waals surface area contributed by atoms with Gasteiger partial charge in [0.2, 0.25) is 0 Å². The molecule has 0 saturated carbocycles. The van der Waals surface area contributed by atoms with Crippen LogP contribution >= 0.6 is 0 Å². The van der Waals surface area contributed by atoms with Gasteiger partial charge in [-0.25, -0.2) is 0 Å². The highest BCUT2D eigenvalue weighted by Crippen LogP contribution is 2.49. The molecule has 0 N–H and O–H groups in total. The Balaban J connectivity index is 1.80. The van der Waals surface area contributed by atoms with Crippen LogP contribution in [0.3, 0.4) is 0 Å². The third-order valence-corrected chi connectivity index (χ3v) is 5.51. The molecule has 0 unspecified atom stereocenters. The second kappa shape index (κ2) is 5.56. The highest BCUT2D eigenvalue weighted by atomic mass is 14.7. The summed E-state index contributed by atoms with van der Waals surface area (Å²) in [5.41, 5.74) is 8.00. The molecule has 1 heterocycles. The Morgan fingerprint density at radius 3 is 2.08 bits per heavy atom. The minimum absolute atomic E-state index is 0.202. The maximum Gasteiger partial charge on any atom is 0.0705 e. The second-order valence-corrected chi connectivity index (χ2v) is 8.51. The lowest BCUT2D eigenvalue weighted by molar-refractivity contribution is 0.403. The number of nitrogens with zero attached hydrogens (tertiary/aromatic N) is 1. The van der Waals surface area contributed by atoms with Gasteiger partial charge in [-0.05, 0) is 51.6 Å². The Kier molecular flexibility index (Phi) is 3.57. The van der Waals surface area contributed by atoms with Crippen molar-refractivity contribution in [2.24, 2.45) is 0 Å². The fraction of sp³-hybridized carbons (Fsp3) is 0.292. The number of rotatable bonds is 2. The van der Waals surface area contributed by atoms with Crippen molar-refractivity contribution in [3.05, 3.63) is 78.0 Å². The van der Waals surface area contributed by atoms with Gasteiger partial charge in [0.05, 0.1) is 5.69 Å². The average Bonchev–Trinajstić information content (AvgIpc) is 2.80. The number of aromatic nitrogens is 1. The third-order valence-electron chi connectivity index (χ3n) is 5.51. The first-order valence-electron chi connectivity index (χ1n) is 9.04. The van der Waals surface area contributed by atoms with E-state index in [0.29, 0.717) is 0 Å². The molecule has 1 aromatic heterocycles. The van der Waals surface area contributed by atoms with Crippen molar-refractivity contribution in [2.75, 3.05) is 0 Å². The van der Waals surface area contributed by atoms with Crippen LogP contribution in [0.25, 0.3) is 22.4 Å². The highest BCUT2D eigenvalue weighted by Gasteiger charge is 2.42. The fourth-order valence-electron chi connectivity index (χ4n) is 4.50. The molecule has 25 heavy (non-hydrogen) atoms. The lowest BCUT2D eigenvalue weighted by atomic mass is 9.82. The molecule has 1 aliphatic carbocycles. The van der Waals surface area contributed by atoms with E-state index in [1.807, 2.05) is 0 Å². The summed E-state index contributed by atoms with van der Waals surface area (Å²) >= 11 is 0. The number of pyridine rings is 1. The summed E-state index contributed by atoms with van der Waals surface area (Å²) in [4.78, 5) is 4.82. The predicted octanol–water partition coefficient (Wildman–Crippen LogP) is 6.37. The van der Waals surface area contributed by atoms with Crippen LogP contribution in [0, 0.1) is 0 Å². The van der Waals surface area contributed by atoms with E-state index in [1.165, 1.54) is 34.2 Å². The van der Waals surface area contributed by atoms with Crippen LogP contribution in [-0.4, -0.2) is 4.98 Å². The quantitative estimate of drug-likeness (QED) is 0.532. The van der Waals surface area contributed by atoms with E-state index in [-0.39, 0.29) is 10.8 Å². The summed E-state index contributed by atoms with van der Waals surface area (Å²) in [7, 11) is 0. The zero-order valence-corrected chi connectivity index (χ0v) is 15.5. The minimum atomic E-state index is 0.202. The Labute approximate surface area is 150 Å². The summed E-state index contributed by atoms with van der Waals surface area (Å²) in [5.74, 6) is 0. The van der Waals surface area contributed by atoms with Gasteiger partial charge in [-0.1, -0.05) is 76.2 Å². The van der Waals surface area contributed by atoms with Gasteiger partial charge in [0.25, 0.3) is 0 Å². The zero-order valence-electron chi connectivity index (χ0n) is 15.5. The molecule has 1 nitrogen and oxygen atoms in total. The lowest BCUT2D eigenvalue weighted by Gasteiger charge is -2.22. The van der Waals surface area contributed by atoms with E-state index in [0.717, 1.165) is 5.69 Å². The molecule has 3 aromatic rings. The Hall–Kier alpha value is -2.41. The maximum absolute atomic E-state index is 4.82. The molecule has 0 aliphatic heterocycles. The fourth-order valence-corrected chi connectivity index (χ4v) is 4.50. The molecule has 0 spiro atoms. The summed E-state index contributed by atoms with van der Waals surface area (Å²) < 4.78 is 0. The van der Waals surface area contributed by atoms with E-state index >= 15 is 0 Å². The molecule has 126 valence electrons. The van der Waals surface area contributed by atoms with Crippen LogP contribution in [0.2, 0.25) is 0 Å². The van der Waals surface area contributed by atoms with Crippen LogP contribution in [0.15, 0.2) is 66.9 Å². The topological polar surface area (TPSA) is 12.9 Å². The predicted molar refractivity (Wildman–Crippen MR) is 106 cm³/mol. The van der Waals surface area contributed by atoms with Gasteiger partial charge in [-0.15, -0.1) is 0 Å². The molecular weight excluding hydrogens is 302 g/mol. The van der Waals surface area contributed by atoms with Crippen molar-refractivity contribution in [3.63, 3.8) is 0 Å². The zero-order chi connectivity index (χ0) is 17.7. The number of fused-ring (bicyclic) bond motifs is 1. The van der Waals surface area contributed by atoms with Gasteiger partial charge < -0.3 is 0 Å². The van der Waals surface area contributed by atoms with Crippen LogP contribution in [0.1, 0.15) is 45.2 Å². The molecule has 0 saturated heterocycles. The van der Waals surface area contributed by atoms with Crippen LogP contribution in [0.5, 0.6) is 0 Å². The Bertz CT molecular complexity index is 920. The van der Waals surface area contributed by atoms with Crippen LogP contribution in [0.4, 0.5) is 0 Å². The molecule has 1 heteroatoms. The molecule has 4 rings (SSSR count). The van der Waals surface area contributed by atoms with Gasteiger partial charge in [-0.3, -0.25) is 4.98 Å². The normalized spacial score (nSPS) is 17.3. The minimum Gasteiger partial charge on any atom is -0.256 e. The van der Waals surface area contributed by atoms with E-state index < -0.39 is 0 Å². The first-order chi connectivity index (χ1) is 11.9. The first kappa shape index (κ1) is 16.1. The van der Waals surface area contributed by atoms with E-state index in [2.05, 4.69) is 94.6 Å². The maximum atomic E-state index is 4.82. The molecule has 2 aromatic carbocycles.